The fourth-order valence-corrected chi connectivity index (χ4v) is 3.30. The molecule has 0 aliphatic heterocycles. The van der Waals surface area contributed by atoms with Gasteiger partial charge in [0.15, 0.2) is 0 Å². The van der Waals surface area contributed by atoms with E-state index in [-0.39, 0.29) is 5.56 Å². The average molecular weight is 304 g/mol. The minimum Gasteiger partial charge on any atom is -0.464 e. The quantitative estimate of drug-likeness (QED) is 0.727. The first-order valence-corrected chi connectivity index (χ1v) is 7.68. The number of nitrogens with zero attached hydrogens (tertiary/aromatic N) is 2. The number of rotatable bonds is 5. The van der Waals surface area contributed by atoms with Gasteiger partial charge in [0, 0.05) is 24.5 Å². The Kier molecular flexibility index (Phi) is 3.90. The van der Waals surface area contributed by atoms with E-state index in [2.05, 4.69) is 4.98 Å². The van der Waals surface area contributed by atoms with E-state index in [0.717, 1.165) is 16.2 Å². The highest BCUT2D eigenvalue weighted by Gasteiger charge is 2.17. The zero-order valence-electron chi connectivity index (χ0n) is 12.0. The van der Waals surface area contributed by atoms with Crippen molar-refractivity contribution in [2.45, 2.75) is 19.9 Å². The number of aromatic nitrogens is 2. The van der Waals surface area contributed by atoms with Crippen molar-refractivity contribution in [3.05, 3.63) is 40.0 Å². The highest BCUT2D eigenvalue weighted by Crippen LogP contribution is 2.31. The van der Waals surface area contributed by atoms with Crippen LogP contribution in [0.15, 0.2) is 33.0 Å². The lowest BCUT2D eigenvalue weighted by atomic mass is 10.2. The van der Waals surface area contributed by atoms with Gasteiger partial charge < -0.3 is 9.15 Å². The van der Waals surface area contributed by atoms with Crippen LogP contribution in [0.1, 0.15) is 12.7 Å². The lowest BCUT2D eigenvalue weighted by molar-refractivity contribution is 0.185. The fourth-order valence-electron chi connectivity index (χ4n) is 2.36. The molecule has 6 heteroatoms. The van der Waals surface area contributed by atoms with Crippen LogP contribution < -0.4 is 5.56 Å². The molecule has 0 atom stereocenters. The second-order valence-corrected chi connectivity index (χ2v) is 5.50. The third kappa shape index (κ3) is 2.41. The first kappa shape index (κ1) is 14.0. The number of hydrogen-bond donors (Lipinski definition) is 0. The molecule has 0 saturated heterocycles. The molecule has 3 rings (SSSR count). The Hall–Kier alpha value is -1.92. The van der Waals surface area contributed by atoms with Crippen molar-refractivity contribution in [3.63, 3.8) is 0 Å². The van der Waals surface area contributed by atoms with E-state index in [1.165, 1.54) is 11.3 Å². The molecule has 0 aromatic carbocycles. The number of thiophene rings is 1. The van der Waals surface area contributed by atoms with Crippen LogP contribution in [-0.4, -0.2) is 23.3 Å². The van der Waals surface area contributed by atoms with E-state index in [1.54, 1.807) is 17.9 Å². The molecule has 0 saturated carbocycles. The van der Waals surface area contributed by atoms with E-state index >= 15 is 0 Å². The van der Waals surface area contributed by atoms with Crippen LogP contribution in [0.25, 0.3) is 21.5 Å². The molecule has 21 heavy (non-hydrogen) atoms. The maximum absolute atomic E-state index is 12.8. The van der Waals surface area contributed by atoms with Crippen molar-refractivity contribution < 1.29 is 9.15 Å². The zero-order chi connectivity index (χ0) is 14.8. The fraction of sp³-hybridized carbons (Fsp3) is 0.333. The number of ether oxygens (including phenoxy) is 1. The SMILES string of the molecule is CCc1nc2scc(-c3ccco3)c2c(=O)n1CCOC. The van der Waals surface area contributed by atoms with E-state index in [4.69, 9.17) is 9.15 Å². The maximum Gasteiger partial charge on any atom is 0.263 e. The molecule has 0 N–H and O–H groups in total. The highest BCUT2D eigenvalue weighted by molar-refractivity contribution is 7.17. The van der Waals surface area contributed by atoms with Crippen molar-refractivity contribution in [3.8, 4) is 11.3 Å². The summed E-state index contributed by atoms with van der Waals surface area (Å²) in [5.41, 5.74) is 0.785. The van der Waals surface area contributed by atoms with Gasteiger partial charge in [0.2, 0.25) is 0 Å². The van der Waals surface area contributed by atoms with Gasteiger partial charge in [-0.3, -0.25) is 9.36 Å². The predicted octanol–water partition coefficient (Wildman–Crippen LogP) is 2.93. The standard InChI is InChI=1S/C15H16N2O3S/c1-3-12-16-14-13(15(18)17(12)6-8-19-2)10(9-21-14)11-5-4-7-20-11/h4-5,7,9H,3,6,8H2,1-2H3. The van der Waals surface area contributed by atoms with E-state index < -0.39 is 0 Å². The summed E-state index contributed by atoms with van der Waals surface area (Å²) in [5, 5.41) is 2.56. The number of fused-ring (bicyclic) bond motifs is 1. The largest absolute Gasteiger partial charge is 0.464 e. The Morgan fingerprint density at radius 2 is 2.33 bits per heavy atom. The van der Waals surface area contributed by atoms with Crippen LogP contribution >= 0.6 is 11.3 Å². The summed E-state index contributed by atoms with van der Waals surface area (Å²) in [7, 11) is 1.63. The van der Waals surface area contributed by atoms with Gasteiger partial charge in [-0.15, -0.1) is 11.3 Å². The second-order valence-electron chi connectivity index (χ2n) is 4.64. The maximum atomic E-state index is 12.8. The monoisotopic (exact) mass is 304 g/mol. The van der Waals surface area contributed by atoms with Crippen LogP contribution in [0.3, 0.4) is 0 Å². The van der Waals surface area contributed by atoms with Gasteiger partial charge in [-0.05, 0) is 12.1 Å². The first-order valence-electron chi connectivity index (χ1n) is 6.80. The molecule has 3 aromatic heterocycles. The molecular weight excluding hydrogens is 288 g/mol. The van der Waals surface area contributed by atoms with Crippen molar-refractivity contribution >= 4 is 21.6 Å². The van der Waals surface area contributed by atoms with Gasteiger partial charge in [0.1, 0.15) is 16.4 Å². The third-order valence-corrected chi connectivity index (χ3v) is 4.27. The van der Waals surface area contributed by atoms with E-state index in [1.807, 2.05) is 24.4 Å². The van der Waals surface area contributed by atoms with Gasteiger partial charge in [0.05, 0.1) is 24.8 Å². The van der Waals surface area contributed by atoms with E-state index in [9.17, 15) is 4.79 Å². The molecule has 0 unspecified atom stereocenters. The average Bonchev–Trinajstić information content (AvgIpc) is 3.14. The summed E-state index contributed by atoms with van der Waals surface area (Å²) in [6, 6.07) is 3.67. The summed E-state index contributed by atoms with van der Waals surface area (Å²) in [5.74, 6) is 1.49. The summed E-state index contributed by atoms with van der Waals surface area (Å²) >= 11 is 1.47. The topological polar surface area (TPSA) is 57.3 Å². The van der Waals surface area contributed by atoms with Crippen LogP contribution in [0.2, 0.25) is 0 Å². The minimum absolute atomic E-state index is 0.0263. The number of aryl methyl sites for hydroxylation is 1. The van der Waals surface area contributed by atoms with Gasteiger partial charge in [-0.25, -0.2) is 4.98 Å². The molecule has 3 heterocycles. The summed E-state index contributed by atoms with van der Waals surface area (Å²) in [6.07, 6.45) is 2.32. The molecule has 0 bridgehead atoms. The van der Waals surface area contributed by atoms with Crippen molar-refractivity contribution in [2.75, 3.05) is 13.7 Å². The summed E-state index contributed by atoms with van der Waals surface area (Å²) < 4.78 is 12.2. The summed E-state index contributed by atoms with van der Waals surface area (Å²) in [6.45, 7) is 2.99. The van der Waals surface area contributed by atoms with E-state index in [0.29, 0.717) is 30.7 Å². The lowest BCUT2D eigenvalue weighted by Gasteiger charge is -2.10. The molecule has 0 aliphatic rings. The van der Waals surface area contributed by atoms with Crippen molar-refractivity contribution in [2.24, 2.45) is 0 Å². The Balaban J connectivity index is 2.24. The number of hydrogen-bond acceptors (Lipinski definition) is 5. The molecule has 0 fully saturated rings. The Morgan fingerprint density at radius 1 is 1.48 bits per heavy atom. The molecule has 110 valence electrons. The Bertz CT molecular complexity index is 802. The van der Waals surface area contributed by atoms with Crippen LogP contribution in [0, 0.1) is 0 Å². The predicted molar refractivity (Wildman–Crippen MR) is 82.8 cm³/mol. The van der Waals surface area contributed by atoms with Crippen LogP contribution in [0.4, 0.5) is 0 Å². The molecule has 5 nitrogen and oxygen atoms in total. The van der Waals surface area contributed by atoms with Gasteiger partial charge >= 0.3 is 0 Å². The zero-order valence-corrected chi connectivity index (χ0v) is 12.8. The molecule has 0 amide bonds. The molecular formula is C15H16N2O3S. The third-order valence-electron chi connectivity index (χ3n) is 3.39. The number of furan rings is 1. The van der Waals surface area contributed by atoms with Crippen molar-refractivity contribution in [1.29, 1.82) is 0 Å². The van der Waals surface area contributed by atoms with Gasteiger partial charge in [0.25, 0.3) is 5.56 Å². The molecule has 0 radical (unpaired) electrons. The second kappa shape index (κ2) is 5.83. The lowest BCUT2D eigenvalue weighted by Crippen LogP contribution is -2.26. The Morgan fingerprint density at radius 3 is 3.00 bits per heavy atom. The van der Waals surface area contributed by atoms with Crippen LogP contribution in [-0.2, 0) is 17.7 Å². The molecule has 0 spiro atoms. The van der Waals surface area contributed by atoms with Crippen LogP contribution in [0.5, 0.6) is 0 Å². The molecule has 0 aliphatic carbocycles. The number of methoxy groups -OCH3 is 1. The highest BCUT2D eigenvalue weighted by atomic mass is 32.1. The molecule has 3 aromatic rings. The smallest absolute Gasteiger partial charge is 0.263 e. The normalized spacial score (nSPS) is 11.3. The first-order chi connectivity index (χ1) is 10.3. The minimum atomic E-state index is -0.0263. The Labute approximate surface area is 125 Å². The van der Waals surface area contributed by atoms with Gasteiger partial charge in [-0.2, -0.15) is 0 Å². The van der Waals surface area contributed by atoms with Crippen molar-refractivity contribution in [1.82, 2.24) is 9.55 Å². The summed E-state index contributed by atoms with van der Waals surface area (Å²) in [4.78, 5) is 18.2. The van der Waals surface area contributed by atoms with Gasteiger partial charge in [-0.1, -0.05) is 6.92 Å².